The van der Waals surface area contributed by atoms with Crippen LogP contribution in [0.5, 0.6) is 5.75 Å². The first kappa shape index (κ1) is 28.4. The average Bonchev–Trinajstić information content (AvgIpc) is 2.92. The largest absolute Gasteiger partial charge is 0.491 e. The zero-order valence-corrected chi connectivity index (χ0v) is 23.0. The minimum Gasteiger partial charge on any atom is -0.491 e. The second-order valence-electron chi connectivity index (χ2n) is 11.6. The predicted octanol–water partition coefficient (Wildman–Crippen LogP) is 4.51. The van der Waals surface area contributed by atoms with E-state index in [9.17, 15) is 23.5 Å². The quantitative estimate of drug-likeness (QED) is 0.522. The number of carbonyl (C=O) groups excluding carboxylic acids is 2. The predicted molar refractivity (Wildman–Crippen MR) is 148 cm³/mol. The summed E-state index contributed by atoms with van der Waals surface area (Å²) in [5.74, 6) is 1.59. The molecule has 1 aromatic heterocycles. The third kappa shape index (κ3) is 6.96. The molecule has 1 saturated carbocycles. The molecule has 1 aromatic carbocycles. The van der Waals surface area contributed by atoms with E-state index < -0.39 is 12.0 Å². The van der Waals surface area contributed by atoms with Gasteiger partial charge in [0.2, 0.25) is 11.8 Å². The lowest BCUT2D eigenvalue weighted by Crippen LogP contribution is -2.48. The fraction of sp³-hybridized carbons (Fsp3) is 0.567. The lowest BCUT2D eigenvalue weighted by molar-refractivity contribution is -0.120. The number of nitrogens with one attached hydrogen (secondary N) is 1. The number of aryl methyl sites for hydroxylation is 2. The minimum absolute atomic E-state index is 0.0320. The molecular formula is C30H38F2N4O4. The number of rotatable bonds is 7. The van der Waals surface area contributed by atoms with Gasteiger partial charge in [0.25, 0.3) is 6.43 Å². The topological polar surface area (TPSA) is 95.0 Å². The van der Waals surface area contributed by atoms with Crippen LogP contribution < -0.4 is 15.0 Å². The number of amides is 2. The fourth-order valence-corrected chi connectivity index (χ4v) is 6.12. The Hall–Kier alpha value is -3.11. The lowest BCUT2D eigenvalue weighted by Gasteiger charge is -2.43. The average molecular weight is 557 g/mol. The number of alkyl halides is 2. The van der Waals surface area contributed by atoms with Gasteiger partial charge in [0.15, 0.2) is 0 Å². The summed E-state index contributed by atoms with van der Waals surface area (Å²) in [6, 6.07) is 6.42. The molecule has 1 fully saturated rings. The number of carbonyl (C=O) groups is 2. The van der Waals surface area contributed by atoms with Gasteiger partial charge in [0.1, 0.15) is 18.2 Å². The van der Waals surface area contributed by atoms with Crippen molar-refractivity contribution in [3.05, 3.63) is 47.2 Å². The maximum Gasteiger partial charge on any atom is 0.263 e. The zero-order valence-electron chi connectivity index (χ0n) is 23.0. The number of fused-ring (bicyclic) bond motifs is 2. The summed E-state index contributed by atoms with van der Waals surface area (Å²) in [4.78, 5) is 33.6. The molecule has 0 unspecified atom stereocenters. The summed E-state index contributed by atoms with van der Waals surface area (Å²) in [6.07, 6.45) is 3.98. The highest BCUT2D eigenvalue weighted by Crippen LogP contribution is 2.39. The van der Waals surface area contributed by atoms with Crippen molar-refractivity contribution in [3.63, 3.8) is 0 Å². The Kier molecular flexibility index (Phi) is 8.65. The molecule has 0 radical (unpaired) electrons. The standard InChI is InChI=1S/C30H38F2N4O4/c1-30(39)16-20(17-30)19-36-27(38)9-7-23-15-24(18-33-29(23)36)40-13-12-35-10-2-4-21-14-22(28(31)32)6-8-25(21)34-26(37)5-3-11-35/h6,8,14-15,18,20,28,39H,2-5,7,9-13,16-17,19H2,1H3,(H,34,37). The smallest absolute Gasteiger partial charge is 0.263 e. The molecule has 10 heteroatoms. The zero-order chi connectivity index (χ0) is 28.3. The molecule has 3 aliphatic rings. The molecule has 0 spiro atoms. The summed E-state index contributed by atoms with van der Waals surface area (Å²) >= 11 is 0. The number of pyridine rings is 1. The fourth-order valence-electron chi connectivity index (χ4n) is 6.12. The Bertz CT molecular complexity index is 1230. The second kappa shape index (κ2) is 12.2. The molecule has 2 aliphatic heterocycles. The van der Waals surface area contributed by atoms with Gasteiger partial charge in [-0.2, -0.15) is 0 Å². The van der Waals surface area contributed by atoms with Crippen LogP contribution in [0, 0.1) is 5.92 Å². The van der Waals surface area contributed by atoms with Crippen molar-refractivity contribution >= 4 is 23.3 Å². The van der Waals surface area contributed by atoms with Crippen LogP contribution in [0.4, 0.5) is 20.3 Å². The molecule has 0 saturated heterocycles. The molecule has 0 bridgehead atoms. The molecule has 3 heterocycles. The van der Waals surface area contributed by atoms with Crippen LogP contribution in [-0.4, -0.2) is 65.2 Å². The van der Waals surface area contributed by atoms with Crippen LogP contribution in [0.3, 0.4) is 0 Å². The number of aromatic nitrogens is 1. The molecule has 8 nitrogen and oxygen atoms in total. The van der Waals surface area contributed by atoms with Gasteiger partial charge in [0, 0.05) is 37.2 Å². The minimum atomic E-state index is -2.55. The number of benzene rings is 1. The van der Waals surface area contributed by atoms with Crippen LogP contribution in [0.1, 0.15) is 68.6 Å². The number of hydrogen-bond acceptors (Lipinski definition) is 6. The molecule has 5 rings (SSSR count). The first-order valence-electron chi connectivity index (χ1n) is 14.2. The van der Waals surface area contributed by atoms with E-state index >= 15 is 0 Å². The van der Waals surface area contributed by atoms with Gasteiger partial charge >= 0.3 is 0 Å². The van der Waals surface area contributed by atoms with Crippen molar-refractivity contribution in [1.82, 2.24) is 9.88 Å². The Balaban J connectivity index is 1.16. The van der Waals surface area contributed by atoms with Crippen LogP contribution in [0.25, 0.3) is 0 Å². The molecule has 2 amide bonds. The highest BCUT2D eigenvalue weighted by atomic mass is 19.3. The molecular weight excluding hydrogens is 518 g/mol. The summed E-state index contributed by atoms with van der Waals surface area (Å²) in [5.41, 5.74) is 1.68. The van der Waals surface area contributed by atoms with Gasteiger partial charge in [-0.3, -0.25) is 19.4 Å². The van der Waals surface area contributed by atoms with Crippen LogP contribution >= 0.6 is 0 Å². The van der Waals surface area contributed by atoms with Crippen molar-refractivity contribution in [2.24, 2.45) is 5.92 Å². The summed E-state index contributed by atoms with van der Waals surface area (Å²) in [5, 5.41) is 12.9. The normalized spacial score (nSPS) is 24.0. The first-order chi connectivity index (χ1) is 19.2. The van der Waals surface area contributed by atoms with Gasteiger partial charge < -0.3 is 15.2 Å². The van der Waals surface area contributed by atoms with E-state index in [1.165, 1.54) is 12.1 Å². The van der Waals surface area contributed by atoms with E-state index in [1.807, 2.05) is 13.0 Å². The molecule has 1 aliphatic carbocycles. The third-order valence-electron chi connectivity index (χ3n) is 8.11. The van der Waals surface area contributed by atoms with E-state index in [-0.39, 0.29) is 23.3 Å². The first-order valence-corrected chi connectivity index (χ1v) is 14.2. The van der Waals surface area contributed by atoms with Crippen molar-refractivity contribution in [1.29, 1.82) is 0 Å². The Labute approximate surface area is 233 Å². The van der Waals surface area contributed by atoms with E-state index in [2.05, 4.69) is 15.2 Å². The number of halogens is 2. The Morgan fingerprint density at radius 1 is 1.10 bits per heavy atom. The van der Waals surface area contributed by atoms with E-state index in [4.69, 9.17) is 4.74 Å². The number of nitrogens with zero attached hydrogens (tertiary/aromatic N) is 3. The van der Waals surface area contributed by atoms with Crippen LogP contribution in [0.2, 0.25) is 0 Å². The number of ether oxygens (including phenoxy) is 1. The molecule has 40 heavy (non-hydrogen) atoms. The summed E-state index contributed by atoms with van der Waals surface area (Å²) in [6.45, 7) is 5.02. The van der Waals surface area contributed by atoms with Gasteiger partial charge in [-0.1, -0.05) is 6.07 Å². The number of hydrogen-bond donors (Lipinski definition) is 2. The molecule has 0 atom stereocenters. The second-order valence-corrected chi connectivity index (χ2v) is 11.6. The summed E-state index contributed by atoms with van der Waals surface area (Å²) < 4.78 is 32.5. The van der Waals surface area contributed by atoms with Gasteiger partial charge in [0.05, 0.1) is 11.8 Å². The van der Waals surface area contributed by atoms with E-state index in [0.717, 1.165) is 30.6 Å². The van der Waals surface area contributed by atoms with Crippen molar-refractivity contribution in [2.75, 3.05) is 43.0 Å². The molecule has 2 N–H and O–H groups in total. The number of anilines is 2. The molecule has 216 valence electrons. The monoisotopic (exact) mass is 556 g/mol. The molecule has 2 aromatic rings. The SMILES string of the molecule is CC1(O)CC(CN2C(=O)CCc3cc(OCCN4CCCC(=O)Nc5ccc(C(F)F)cc5CCC4)cnc32)C1. The number of aliphatic hydroxyl groups is 1. The van der Waals surface area contributed by atoms with Crippen molar-refractivity contribution in [3.8, 4) is 5.75 Å². The van der Waals surface area contributed by atoms with Gasteiger partial charge in [-0.05, 0) is 93.8 Å². The maximum absolute atomic E-state index is 13.2. The van der Waals surface area contributed by atoms with Crippen LogP contribution in [0.15, 0.2) is 30.5 Å². The highest BCUT2D eigenvalue weighted by molar-refractivity contribution is 5.95. The highest BCUT2D eigenvalue weighted by Gasteiger charge is 2.40. The Morgan fingerprint density at radius 3 is 2.62 bits per heavy atom. The van der Waals surface area contributed by atoms with Gasteiger partial charge in [-0.25, -0.2) is 13.8 Å². The van der Waals surface area contributed by atoms with Crippen molar-refractivity contribution in [2.45, 2.75) is 70.3 Å². The van der Waals surface area contributed by atoms with Crippen molar-refractivity contribution < 1.29 is 28.2 Å². The lowest BCUT2D eigenvalue weighted by atomic mass is 9.72. The van der Waals surface area contributed by atoms with Crippen LogP contribution in [-0.2, 0) is 22.4 Å². The summed E-state index contributed by atoms with van der Waals surface area (Å²) in [7, 11) is 0. The van der Waals surface area contributed by atoms with Gasteiger partial charge in [-0.15, -0.1) is 0 Å². The Morgan fingerprint density at radius 2 is 1.88 bits per heavy atom. The third-order valence-corrected chi connectivity index (χ3v) is 8.11. The van der Waals surface area contributed by atoms with E-state index in [1.54, 1.807) is 17.2 Å². The maximum atomic E-state index is 13.2. The van der Waals surface area contributed by atoms with E-state index in [0.29, 0.717) is 81.9 Å².